The lowest BCUT2D eigenvalue weighted by Crippen LogP contribution is -2.42. The molecule has 0 unspecified atom stereocenters. The molecule has 1 saturated heterocycles. The van der Waals surface area contributed by atoms with Crippen molar-refractivity contribution >= 4 is 17.3 Å². The van der Waals surface area contributed by atoms with Crippen LogP contribution < -0.4 is 10.2 Å². The molecule has 0 saturated carbocycles. The minimum absolute atomic E-state index is 0.571. The smallest absolute Gasteiger partial charge is 0.225 e. The van der Waals surface area contributed by atoms with Gasteiger partial charge in [0.15, 0.2) is 0 Å². The lowest BCUT2D eigenvalue weighted by molar-refractivity contribution is 0.409. The van der Waals surface area contributed by atoms with Crippen LogP contribution in [0.5, 0.6) is 0 Å². The zero-order valence-corrected chi connectivity index (χ0v) is 11.5. The first-order chi connectivity index (χ1) is 9.42. The van der Waals surface area contributed by atoms with E-state index in [1.54, 1.807) is 23.7 Å². The Hall–Kier alpha value is -1.53. The largest absolute Gasteiger partial charge is 0.341 e. The Kier molecular flexibility index (Phi) is 4.00. The van der Waals surface area contributed by atoms with Crippen molar-refractivity contribution in [3.63, 3.8) is 0 Å². The van der Waals surface area contributed by atoms with Crippen LogP contribution in [0.15, 0.2) is 29.4 Å². The lowest BCUT2D eigenvalue weighted by atomic mass is 10.1. The quantitative estimate of drug-likeness (QED) is 0.920. The first kappa shape index (κ1) is 12.5. The predicted molar refractivity (Wildman–Crippen MR) is 76.2 cm³/mol. The van der Waals surface area contributed by atoms with Crippen molar-refractivity contribution in [2.45, 2.75) is 25.4 Å². The molecule has 3 rings (SSSR count). The molecule has 2 aromatic heterocycles. The SMILES string of the molecule is c1cnc(N2CCC(NCc3cscn3)CC2)nc1. The summed E-state index contributed by atoms with van der Waals surface area (Å²) in [7, 11) is 0. The first-order valence-corrected chi connectivity index (χ1v) is 7.48. The van der Waals surface area contributed by atoms with Crippen LogP contribution >= 0.6 is 11.3 Å². The molecule has 1 N–H and O–H groups in total. The molecule has 1 fully saturated rings. The van der Waals surface area contributed by atoms with E-state index >= 15 is 0 Å². The highest BCUT2D eigenvalue weighted by Gasteiger charge is 2.20. The molecule has 3 heterocycles. The minimum Gasteiger partial charge on any atom is -0.341 e. The molecule has 2 aromatic rings. The van der Waals surface area contributed by atoms with Crippen LogP contribution in [0.2, 0.25) is 0 Å². The number of hydrogen-bond acceptors (Lipinski definition) is 6. The van der Waals surface area contributed by atoms with Gasteiger partial charge in [-0.2, -0.15) is 0 Å². The maximum atomic E-state index is 4.30. The predicted octanol–water partition coefficient (Wildman–Crippen LogP) is 1.69. The monoisotopic (exact) mass is 275 g/mol. The summed E-state index contributed by atoms with van der Waals surface area (Å²) in [5.41, 5.74) is 3.02. The van der Waals surface area contributed by atoms with Crippen LogP contribution in [-0.2, 0) is 6.54 Å². The third-order valence-corrected chi connectivity index (χ3v) is 4.02. The van der Waals surface area contributed by atoms with E-state index in [2.05, 4.69) is 30.5 Å². The molecule has 1 aliphatic heterocycles. The number of anilines is 1. The molecule has 0 spiro atoms. The Morgan fingerprint density at radius 1 is 1.21 bits per heavy atom. The lowest BCUT2D eigenvalue weighted by Gasteiger charge is -2.32. The topological polar surface area (TPSA) is 53.9 Å². The van der Waals surface area contributed by atoms with Gasteiger partial charge in [0.2, 0.25) is 5.95 Å². The van der Waals surface area contributed by atoms with Crippen molar-refractivity contribution in [3.05, 3.63) is 35.0 Å². The van der Waals surface area contributed by atoms with Crippen LogP contribution in [0.25, 0.3) is 0 Å². The number of thiazole rings is 1. The Morgan fingerprint density at radius 2 is 2.00 bits per heavy atom. The molecule has 100 valence electrons. The van der Waals surface area contributed by atoms with Gasteiger partial charge in [-0.15, -0.1) is 11.3 Å². The van der Waals surface area contributed by atoms with Crippen LogP contribution in [-0.4, -0.2) is 34.1 Å². The fraction of sp³-hybridized carbons (Fsp3) is 0.462. The van der Waals surface area contributed by atoms with Crippen LogP contribution in [0.1, 0.15) is 18.5 Å². The number of nitrogens with one attached hydrogen (secondary N) is 1. The normalized spacial score (nSPS) is 16.7. The number of piperidine rings is 1. The summed E-state index contributed by atoms with van der Waals surface area (Å²) in [6, 6.07) is 2.42. The molecule has 0 aromatic carbocycles. The van der Waals surface area contributed by atoms with Gasteiger partial charge in [-0.3, -0.25) is 0 Å². The van der Waals surface area contributed by atoms with E-state index in [9.17, 15) is 0 Å². The highest BCUT2D eigenvalue weighted by molar-refractivity contribution is 7.07. The summed E-state index contributed by atoms with van der Waals surface area (Å²) in [6.07, 6.45) is 5.86. The van der Waals surface area contributed by atoms with E-state index in [4.69, 9.17) is 0 Å². The Bertz CT molecular complexity index is 479. The van der Waals surface area contributed by atoms with Gasteiger partial charge in [0.05, 0.1) is 11.2 Å². The molecule has 5 nitrogen and oxygen atoms in total. The van der Waals surface area contributed by atoms with E-state index in [0.29, 0.717) is 6.04 Å². The second-order valence-corrected chi connectivity index (χ2v) is 5.39. The molecule has 0 bridgehead atoms. The molecule has 1 aliphatic rings. The van der Waals surface area contributed by atoms with Gasteiger partial charge < -0.3 is 10.2 Å². The molecular formula is C13H17N5S. The van der Waals surface area contributed by atoms with Gasteiger partial charge in [0.1, 0.15) is 0 Å². The third-order valence-electron chi connectivity index (χ3n) is 3.39. The van der Waals surface area contributed by atoms with E-state index in [1.165, 1.54) is 0 Å². The molecule has 6 heteroatoms. The molecule has 0 radical (unpaired) electrons. The van der Waals surface area contributed by atoms with Crippen molar-refractivity contribution < 1.29 is 0 Å². The number of aromatic nitrogens is 3. The molecule has 19 heavy (non-hydrogen) atoms. The van der Waals surface area contributed by atoms with Crippen molar-refractivity contribution in [1.82, 2.24) is 20.3 Å². The standard InChI is InChI=1S/C13H17N5S/c1-4-14-13(15-5-1)18-6-2-11(3-7-18)16-8-12-9-19-10-17-12/h1,4-5,9-11,16H,2-3,6-8H2. The van der Waals surface area contributed by atoms with Crippen molar-refractivity contribution in [3.8, 4) is 0 Å². The Balaban J connectivity index is 1.47. The molecule has 0 atom stereocenters. The van der Waals surface area contributed by atoms with Crippen molar-refractivity contribution in [1.29, 1.82) is 0 Å². The Morgan fingerprint density at radius 3 is 2.68 bits per heavy atom. The number of nitrogens with zero attached hydrogens (tertiary/aromatic N) is 4. The van der Waals surface area contributed by atoms with Gasteiger partial charge >= 0.3 is 0 Å². The summed E-state index contributed by atoms with van der Waals surface area (Å²) in [4.78, 5) is 15.1. The maximum absolute atomic E-state index is 4.30. The van der Waals surface area contributed by atoms with E-state index in [-0.39, 0.29) is 0 Å². The summed E-state index contributed by atoms with van der Waals surface area (Å²) < 4.78 is 0. The molecule has 0 aliphatic carbocycles. The fourth-order valence-electron chi connectivity index (χ4n) is 2.31. The fourth-order valence-corrected chi connectivity index (χ4v) is 2.87. The first-order valence-electron chi connectivity index (χ1n) is 6.54. The second kappa shape index (κ2) is 6.08. The zero-order valence-electron chi connectivity index (χ0n) is 10.7. The van der Waals surface area contributed by atoms with Gasteiger partial charge in [0.25, 0.3) is 0 Å². The van der Waals surface area contributed by atoms with Gasteiger partial charge in [0, 0.05) is 43.4 Å². The van der Waals surface area contributed by atoms with Gasteiger partial charge in [-0.1, -0.05) is 0 Å². The zero-order chi connectivity index (χ0) is 12.9. The van der Waals surface area contributed by atoms with Crippen LogP contribution in [0.4, 0.5) is 5.95 Å². The van der Waals surface area contributed by atoms with E-state index in [1.807, 2.05) is 11.6 Å². The van der Waals surface area contributed by atoms with Crippen molar-refractivity contribution in [2.75, 3.05) is 18.0 Å². The highest BCUT2D eigenvalue weighted by atomic mass is 32.1. The van der Waals surface area contributed by atoms with Crippen LogP contribution in [0.3, 0.4) is 0 Å². The summed E-state index contributed by atoms with van der Waals surface area (Å²) >= 11 is 1.65. The number of rotatable bonds is 4. The van der Waals surface area contributed by atoms with Gasteiger partial charge in [-0.05, 0) is 18.9 Å². The molecular weight excluding hydrogens is 258 g/mol. The Labute approximate surface area is 116 Å². The average molecular weight is 275 g/mol. The van der Waals surface area contributed by atoms with Crippen LogP contribution in [0, 0.1) is 0 Å². The van der Waals surface area contributed by atoms with Crippen molar-refractivity contribution in [2.24, 2.45) is 0 Å². The van der Waals surface area contributed by atoms with E-state index in [0.717, 1.165) is 44.1 Å². The number of hydrogen-bond donors (Lipinski definition) is 1. The highest BCUT2D eigenvalue weighted by Crippen LogP contribution is 2.15. The summed E-state index contributed by atoms with van der Waals surface area (Å²) in [5, 5.41) is 5.67. The maximum Gasteiger partial charge on any atom is 0.225 e. The third kappa shape index (κ3) is 3.27. The summed E-state index contributed by atoms with van der Waals surface area (Å²) in [5.74, 6) is 0.848. The van der Waals surface area contributed by atoms with E-state index < -0.39 is 0 Å². The molecule has 0 amide bonds. The average Bonchev–Trinajstić information content (AvgIpc) is 3.00. The summed E-state index contributed by atoms with van der Waals surface area (Å²) in [6.45, 7) is 2.90. The minimum atomic E-state index is 0.571. The second-order valence-electron chi connectivity index (χ2n) is 4.67. The van der Waals surface area contributed by atoms with Gasteiger partial charge in [-0.25, -0.2) is 15.0 Å².